The molecule has 2 fully saturated rings. The molecule has 4 aromatic rings. The topological polar surface area (TPSA) is 122 Å². The largest absolute Gasteiger partial charge is 0.473 e. The Balaban J connectivity index is 1.21. The fourth-order valence-electron chi connectivity index (χ4n) is 5.49. The highest BCUT2D eigenvalue weighted by Gasteiger charge is 2.60. The first kappa shape index (κ1) is 25.1. The number of amides is 1. The van der Waals surface area contributed by atoms with Gasteiger partial charge in [-0.05, 0) is 32.9 Å². The summed E-state index contributed by atoms with van der Waals surface area (Å²) in [6.07, 6.45) is 3.02. The summed E-state index contributed by atoms with van der Waals surface area (Å²) in [6, 6.07) is 2.49. The quantitative estimate of drug-likeness (QED) is 0.368. The van der Waals surface area contributed by atoms with Crippen molar-refractivity contribution in [3.05, 3.63) is 42.6 Å². The van der Waals surface area contributed by atoms with Gasteiger partial charge in [0, 0.05) is 59.6 Å². The van der Waals surface area contributed by atoms with E-state index in [2.05, 4.69) is 30.6 Å². The lowest BCUT2D eigenvalue weighted by Crippen LogP contribution is -2.53. The molecular weight excluding hydrogens is 515 g/mol. The summed E-state index contributed by atoms with van der Waals surface area (Å²) in [5.74, 6) is -3.37. The average molecular weight is 542 g/mol. The Kier molecular flexibility index (Phi) is 5.77. The van der Waals surface area contributed by atoms with E-state index in [0.717, 1.165) is 4.90 Å². The molecule has 5 heterocycles. The first-order valence-electron chi connectivity index (χ1n) is 12.5. The maximum Gasteiger partial charge on any atom is 0.411 e. The van der Waals surface area contributed by atoms with Crippen LogP contribution in [0.1, 0.15) is 40.0 Å². The lowest BCUT2D eigenvalue weighted by atomic mass is 9.99. The van der Waals surface area contributed by atoms with Crippen LogP contribution in [0, 0.1) is 5.82 Å². The molecule has 0 spiro atoms. The van der Waals surface area contributed by atoms with Crippen molar-refractivity contribution in [3.63, 3.8) is 0 Å². The van der Waals surface area contributed by atoms with Gasteiger partial charge in [0.15, 0.2) is 0 Å². The molecule has 2 aliphatic rings. The van der Waals surface area contributed by atoms with Gasteiger partial charge >= 0.3 is 6.09 Å². The lowest BCUT2D eigenvalue weighted by Gasteiger charge is -2.39. The number of carbonyl (C=O) groups excluding carboxylic acids is 1. The highest BCUT2D eigenvalue weighted by molar-refractivity contribution is 6.02. The summed E-state index contributed by atoms with van der Waals surface area (Å²) in [5, 5.41) is 22.4. The SMILES string of the molecule is CC(C)(C)OC(=O)N1C2CC(Oc3ccc(-c4cc(F)c(-c5cn[nH]c5)c5cn[nH]c45)nn3)CC1C(F)(F)C2. The summed E-state index contributed by atoms with van der Waals surface area (Å²) < 4.78 is 56.0. The van der Waals surface area contributed by atoms with Crippen LogP contribution >= 0.6 is 0 Å². The van der Waals surface area contributed by atoms with E-state index in [-0.39, 0.29) is 18.7 Å². The fourth-order valence-corrected chi connectivity index (χ4v) is 5.49. The summed E-state index contributed by atoms with van der Waals surface area (Å²) in [4.78, 5) is 13.8. The standard InChI is InChI=1S/C26H26F3N7O3/c1-25(2,3)39-24(37)36-14-6-15(7-20(36)26(28,29)9-14)38-21-5-4-19(33-34-21)16-8-18(27)22(13-10-30-31-11-13)17-12-32-35-23(16)17/h4-5,8,10-12,14-15,20H,6-7,9H2,1-3H3,(H,30,31)(H,32,35). The molecule has 2 N–H and O–H groups in total. The smallest absolute Gasteiger partial charge is 0.411 e. The average Bonchev–Trinajstić information content (AvgIpc) is 3.58. The number of benzene rings is 1. The van der Waals surface area contributed by atoms with Gasteiger partial charge in [0.05, 0.1) is 23.6 Å². The van der Waals surface area contributed by atoms with E-state index in [4.69, 9.17) is 9.47 Å². The second kappa shape index (κ2) is 8.95. The van der Waals surface area contributed by atoms with E-state index in [9.17, 15) is 13.6 Å². The van der Waals surface area contributed by atoms with E-state index >= 15 is 4.39 Å². The minimum atomic E-state index is -3.04. The van der Waals surface area contributed by atoms with Crippen LogP contribution in [0.15, 0.2) is 36.8 Å². The molecule has 0 radical (unpaired) electrons. The van der Waals surface area contributed by atoms with Crippen molar-refractivity contribution in [2.45, 2.75) is 69.7 Å². The van der Waals surface area contributed by atoms with Crippen molar-refractivity contribution >= 4 is 17.0 Å². The molecule has 3 aromatic heterocycles. The number of piperidine rings is 1. The molecule has 204 valence electrons. The van der Waals surface area contributed by atoms with E-state index in [1.54, 1.807) is 39.1 Å². The van der Waals surface area contributed by atoms with Gasteiger partial charge in [-0.3, -0.25) is 15.1 Å². The number of aromatic nitrogens is 6. The van der Waals surface area contributed by atoms with E-state index in [1.807, 2.05) is 0 Å². The third-order valence-corrected chi connectivity index (χ3v) is 7.03. The van der Waals surface area contributed by atoms with Gasteiger partial charge in [-0.2, -0.15) is 10.2 Å². The van der Waals surface area contributed by atoms with Crippen LogP contribution in [0.4, 0.5) is 18.0 Å². The normalized spacial score (nSPS) is 22.3. The number of hydrogen-bond acceptors (Lipinski definition) is 7. The molecular formula is C26H26F3N7O3. The van der Waals surface area contributed by atoms with Crippen molar-refractivity contribution in [2.75, 3.05) is 0 Å². The number of alkyl halides is 2. The molecule has 10 nitrogen and oxygen atoms in total. The number of nitrogens with one attached hydrogen (secondary N) is 2. The first-order valence-corrected chi connectivity index (χ1v) is 12.5. The predicted octanol–water partition coefficient (Wildman–Crippen LogP) is 5.10. The van der Waals surface area contributed by atoms with Crippen molar-refractivity contribution in [1.29, 1.82) is 0 Å². The molecule has 3 unspecified atom stereocenters. The Morgan fingerprint density at radius 3 is 2.64 bits per heavy atom. The number of hydrogen-bond donors (Lipinski definition) is 2. The zero-order valence-corrected chi connectivity index (χ0v) is 21.4. The molecule has 13 heteroatoms. The van der Waals surface area contributed by atoms with Gasteiger partial charge in [-0.1, -0.05) is 0 Å². The third-order valence-electron chi connectivity index (χ3n) is 7.03. The number of halogens is 3. The Bertz CT molecular complexity index is 1520. The molecule has 0 saturated carbocycles. The molecule has 2 saturated heterocycles. The zero-order valence-electron chi connectivity index (χ0n) is 21.4. The molecule has 2 bridgehead atoms. The number of aromatic amines is 2. The number of ether oxygens (including phenoxy) is 2. The van der Waals surface area contributed by atoms with Gasteiger partial charge in [-0.15, -0.1) is 10.2 Å². The third kappa shape index (κ3) is 4.55. The van der Waals surface area contributed by atoms with E-state index < -0.39 is 48.0 Å². The van der Waals surface area contributed by atoms with Crippen LogP contribution in [-0.2, 0) is 4.74 Å². The number of H-pyrrole nitrogens is 2. The van der Waals surface area contributed by atoms with Gasteiger partial charge in [0.1, 0.15) is 23.6 Å². The highest BCUT2D eigenvalue weighted by Crippen LogP contribution is 2.47. The maximum absolute atomic E-state index is 15.2. The summed E-state index contributed by atoms with van der Waals surface area (Å²) in [6.45, 7) is 5.09. The monoisotopic (exact) mass is 541 g/mol. The fraction of sp³-hybridized carbons (Fsp3) is 0.423. The van der Waals surface area contributed by atoms with Crippen molar-refractivity contribution in [2.24, 2.45) is 0 Å². The van der Waals surface area contributed by atoms with Crippen molar-refractivity contribution < 1.29 is 27.4 Å². The van der Waals surface area contributed by atoms with E-state index in [0.29, 0.717) is 33.3 Å². The van der Waals surface area contributed by atoms with E-state index in [1.165, 1.54) is 18.5 Å². The summed E-state index contributed by atoms with van der Waals surface area (Å²) in [7, 11) is 0. The van der Waals surface area contributed by atoms with Crippen LogP contribution in [0.25, 0.3) is 33.3 Å². The Morgan fingerprint density at radius 1 is 1.15 bits per heavy atom. The zero-order chi connectivity index (χ0) is 27.5. The van der Waals surface area contributed by atoms with Gasteiger partial charge < -0.3 is 9.47 Å². The molecule has 2 aliphatic heterocycles. The van der Waals surface area contributed by atoms with Gasteiger partial charge in [0.25, 0.3) is 5.92 Å². The second-order valence-electron chi connectivity index (χ2n) is 10.9. The van der Waals surface area contributed by atoms with Crippen LogP contribution in [0.2, 0.25) is 0 Å². The van der Waals surface area contributed by atoms with Crippen LogP contribution in [0.5, 0.6) is 5.88 Å². The van der Waals surface area contributed by atoms with Crippen LogP contribution < -0.4 is 4.74 Å². The minimum Gasteiger partial charge on any atom is -0.473 e. The highest BCUT2D eigenvalue weighted by atomic mass is 19.3. The predicted molar refractivity (Wildman–Crippen MR) is 134 cm³/mol. The Morgan fingerprint density at radius 2 is 1.97 bits per heavy atom. The number of rotatable bonds is 4. The second-order valence-corrected chi connectivity index (χ2v) is 10.9. The number of carbonyl (C=O) groups is 1. The van der Waals surface area contributed by atoms with Gasteiger partial charge in [-0.25, -0.2) is 18.0 Å². The molecule has 1 amide bonds. The summed E-state index contributed by atoms with van der Waals surface area (Å²) >= 11 is 0. The number of nitrogens with zero attached hydrogens (tertiary/aromatic N) is 5. The molecule has 3 atom stereocenters. The first-order chi connectivity index (χ1) is 18.5. The molecule has 6 rings (SSSR count). The maximum atomic E-state index is 15.2. The molecule has 0 aliphatic carbocycles. The summed E-state index contributed by atoms with van der Waals surface area (Å²) in [5.41, 5.74) is 1.55. The van der Waals surface area contributed by atoms with Gasteiger partial charge in [0.2, 0.25) is 5.88 Å². The van der Waals surface area contributed by atoms with Crippen molar-refractivity contribution in [1.82, 2.24) is 35.5 Å². The lowest BCUT2D eigenvalue weighted by molar-refractivity contribution is -0.0609. The number of fused-ring (bicyclic) bond motifs is 3. The van der Waals surface area contributed by atoms with Crippen LogP contribution in [-0.4, -0.2) is 71.3 Å². The minimum absolute atomic E-state index is 0.0678. The Hall–Kier alpha value is -4.16. The van der Waals surface area contributed by atoms with Crippen LogP contribution in [0.3, 0.4) is 0 Å². The molecule has 1 aromatic carbocycles. The van der Waals surface area contributed by atoms with Crippen molar-refractivity contribution in [3.8, 4) is 28.3 Å². The molecule has 39 heavy (non-hydrogen) atoms. The Labute approximate surface area is 220 Å².